The number of aryl methyl sites for hydroxylation is 2. The number of carbonyl (C=O) groups is 2. The maximum Gasteiger partial charge on any atom is 0.231 e. The zero-order valence-electron chi connectivity index (χ0n) is 23.9. The molecule has 1 aliphatic rings. The molecule has 214 valence electrons. The molecule has 0 aromatic heterocycles. The SMILES string of the molecule is COC(=C(O)C(=O)c1ccc(C2(O)CCCCC2)c(C(=O)C(O)=C(OC)c2ccccc2C)c1)c1ccccc1C. The third-order valence-corrected chi connectivity index (χ3v) is 7.76. The van der Waals surface area contributed by atoms with Crippen molar-refractivity contribution in [1.82, 2.24) is 0 Å². The number of carbonyl (C=O) groups excluding carboxylic acids is 2. The van der Waals surface area contributed by atoms with Gasteiger partial charge in [0.15, 0.2) is 11.5 Å². The summed E-state index contributed by atoms with van der Waals surface area (Å²) in [6.07, 6.45) is 3.39. The van der Waals surface area contributed by atoms with Gasteiger partial charge in [0.05, 0.1) is 19.8 Å². The number of hydrogen-bond donors (Lipinski definition) is 3. The molecule has 0 aliphatic heterocycles. The second-order valence-electron chi connectivity index (χ2n) is 10.4. The summed E-state index contributed by atoms with van der Waals surface area (Å²) in [6, 6.07) is 18.7. The lowest BCUT2D eigenvalue weighted by Gasteiger charge is -2.34. The van der Waals surface area contributed by atoms with Crippen LogP contribution in [0.5, 0.6) is 0 Å². The fourth-order valence-electron chi connectivity index (χ4n) is 5.48. The van der Waals surface area contributed by atoms with Gasteiger partial charge in [-0.2, -0.15) is 0 Å². The highest BCUT2D eigenvalue weighted by Crippen LogP contribution is 2.40. The lowest BCUT2D eigenvalue weighted by Crippen LogP contribution is -2.31. The fourth-order valence-corrected chi connectivity index (χ4v) is 5.48. The molecular formula is C34H36O7. The van der Waals surface area contributed by atoms with Crippen LogP contribution in [0.2, 0.25) is 0 Å². The van der Waals surface area contributed by atoms with Crippen molar-refractivity contribution < 1.29 is 34.4 Å². The smallest absolute Gasteiger partial charge is 0.231 e. The standard InChI is InChI=1S/C34H36O7/c1-21-12-6-8-14-24(21)32(40-3)30(37)28(35)23-16-17-27(34(39)18-10-5-11-19-34)26(20-23)29(36)31(38)33(41-4)25-15-9-7-13-22(25)2/h6-9,12-17,20,37-39H,5,10-11,18-19H2,1-4H3. The molecule has 1 aliphatic carbocycles. The number of aliphatic hydroxyl groups is 3. The quantitative estimate of drug-likeness (QED) is 0.148. The van der Waals surface area contributed by atoms with Gasteiger partial charge in [0.1, 0.15) is 0 Å². The third kappa shape index (κ3) is 5.91. The first kappa shape index (κ1) is 29.6. The minimum Gasteiger partial charge on any atom is -0.502 e. The van der Waals surface area contributed by atoms with Crippen LogP contribution in [0.1, 0.15) is 80.6 Å². The van der Waals surface area contributed by atoms with Crippen molar-refractivity contribution in [3.63, 3.8) is 0 Å². The molecule has 0 unspecified atom stereocenters. The van der Waals surface area contributed by atoms with E-state index in [1.807, 2.05) is 38.1 Å². The first-order chi connectivity index (χ1) is 19.6. The predicted molar refractivity (Wildman–Crippen MR) is 158 cm³/mol. The van der Waals surface area contributed by atoms with Gasteiger partial charge in [-0.1, -0.05) is 79.9 Å². The molecule has 0 heterocycles. The van der Waals surface area contributed by atoms with Crippen LogP contribution in [0, 0.1) is 13.8 Å². The van der Waals surface area contributed by atoms with Gasteiger partial charge in [0.2, 0.25) is 23.1 Å². The number of ether oxygens (including phenoxy) is 2. The van der Waals surface area contributed by atoms with E-state index in [0.29, 0.717) is 29.5 Å². The Balaban J connectivity index is 1.88. The van der Waals surface area contributed by atoms with Crippen LogP contribution in [0.4, 0.5) is 0 Å². The lowest BCUT2D eigenvalue weighted by atomic mass is 9.76. The molecule has 0 atom stereocenters. The lowest BCUT2D eigenvalue weighted by molar-refractivity contribution is -0.00135. The molecule has 7 heteroatoms. The highest BCUT2D eigenvalue weighted by Gasteiger charge is 2.36. The van der Waals surface area contributed by atoms with Gasteiger partial charge in [-0.15, -0.1) is 0 Å². The fraction of sp³-hybridized carbons (Fsp3) is 0.294. The molecule has 3 aromatic rings. The molecule has 1 fully saturated rings. The summed E-state index contributed by atoms with van der Waals surface area (Å²) < 4.78 is 10.9. The number of aliphatic hydroxyl groups excluding tert-OH is 2. The van der Waals surface area contributed by atoms with E-state index >= 15 is 0 Å². The molecule has 1 saturated carbocycles. The zero-order chi connectivity index (χ0) is 29.7. The molecule has 7 nitrogen and oxygen atoms in total. The summed E-state index contributed by atoms with van der Waals surface area (Å²) in [5.74, 6) is -2.86. The van der Waals surface area contributed by atoms with Crippen molar-refractivity contribution in [1.29, 1.82) is 0 Å². The van der Waals surface area contributed by atoms with Crippen LogP contribution in [0.25, 0.3) is 11.5 Å². The Labute approximate surface area is 240 Å². The molecule has 0 spiro atoms. The van der Waals surface area contributed by atoms with E-state index in [1.54, 1.807) is 24.3 Å². The second-order valence-corrected chi connectivity index (χ2v) is 10.4. The Bertz CT molecular complexity index is 1520. The van der Waals surface area contributed by atoms with Gasteiger partial charge in [0.25, 0.3) is 0 Å². The van der Waals surface area contributed by atoms with Gasteiger partial charge in [-0.3, -0.25) is 9.59 Å². The van der Waals surface area contributed by atoms with Gasteiger partial charge in [0, 0.05) is 22.3 Å². The molecule has 0 amide bonds. The van der Waals surface area contributed by atoms with Gasteiger partial charge >= 0.3 is 0 Å². The van der Waals surface area contributed by atoms with Crippen molar-refractivity contribution in [2.24, 2.45) is 0 Å². The first-order valence-electron chi connectivity index (χ1n) is 13.7. The molecule has 3 aromatic carbocycles. The summed E-state index contributed by atoms with van der Waals surface area (Å²) >= 11 is 0. The zero-order valence-corrected chi connectivity index (χ0v) is 23.9. The van der Waals surface area contributed by atoms with E-state index in [-0.39, 0.29) is 22.6 Å². The van der Waals surface area contributed by atoms with Crippen molar-refractivity contribution in [3.8, 4) is 0 Å². The van der Waals surface area contributed by atoms with E-state index < -0.39 is 28.7 Å². The molecular weight excluding hydrogens is 520 g/mol. The second kappa shape index (κ2) is 12.4. The van der Waals surface area contributed by atoms with Crippen LogP contribution >= 0.6 is 0 Å². The molecule has 0 radical (unpaired) electrons. The van der Waals surface area contributed by atoms with Gasteiger partial charge in [-0.05, 0) is 49.4 Å². The molecule has 41 heavy (non-hydrogen) atoms. The molecule has 3 N–H and O–H groups in total. The van der Waals surface area contributed by atoms with E-state index in [1.165, 1.54) is 32.4 Å². The van der Waals surface area contributed by atoms with E-state index in [9.17, 15) is 24.9 Å². The average Bonchev–Trinajstić information content (AvgIpc) is 2.99. The predicted octanol–water partition coefficient (Wildman–Crippen LogP) is 6.97. The molecule has 0 bridgehead atoms. The summed E-state index contributed by atoms with van der Waals surface area (Å²) in [5, 5.41) is 33.8. The minimum atomic E-state index is -1.31. The molecule has 0 saturated heterocycles. The maximum atomic E-state index is 13.9. The van der Waals surface area contributed by atoms with Crippen LogP contribution in [0.3, 0.4) is 0 Å². The highest BCUT2D eigenvalue weighted by molar-refractivity contribution is 6.15. The van der Waals surface area contributed by atoms with E-state index in [2.05, 4.69) is 0 Å². The number of ketones is 2. The summed E-state index contributed by atoms with van der Waals surface area (Å²) in [7, 11) is 2.73. The Morgan fingerprint density at radius 2 is 1.17 bits per heavy atom. The van der Waals surface area contributed by atoms with E-state index in [0.717, 1.165) is 30.4 Å². The Morgan fingerprint density at radius 1 is 0.683 bits per heavy atom. The topological polar surface area (TPSA) is 113 Å². The normalized spacial score (nSPS) is 15.8. The Kier molecular flexibility index (Phi) is 8.98. The van der Waals surface area contributed by atoms with Crippen LogP contribution < -0.4 is 0 Å². The summed E-state index contributed by atoms with van der Waals surface area (Å²) in [4.78, 5) is 27.5. The number of Topliss-reactive ketones (excluding diaryl/α,β-unsaturated/α-hetero) is 2. The Hall–Kier alpha value is -4.36. The summed E-state index contributed by atoms with van der Waals surface area (Å²) in [6.45, 7) is 3.66. The third-order valence-electron chi connectivity index (χ3n) is 7.76. The Morgan fingerprint density at radius 3 is 1.66 bits per heavy atom. The number of rotatable bonds is 9. The molecule has 4 rings (SSSR count). The van der Waals surface area contributed by atoms with Crippen molar-refractivity contribution in [2.75, 3.05) is 14.2 Å². The van der Waals surface area contributed by atoms with Crippen molar-refractivity contribution >= 4 is 23.1 Å². The van der Waals surface area contributed by atoms with Crippen molar-refractivity contribution in [2.45, 2.75) is 51.6 Å². The van der Waals surface area contributed by atoms with Crippen LogP contribution in [-0.4, -0.2) is 41.1 Å². The minimum absolute atomic E-state index is 0.0000675. The summed E-state index contributed by atoms with van der Waals surface area (Å²) in [5.41, 5.74) is 1.65. The van der Waals surface area contributed by atoms with Crippen molar-refractivity contribution in [3.05, 3.63) is 117 Å². The highest BCUT2D eigenvalue weighted by atomic mass is 16.5. The largest absolute Gasteiger partial charge is 0.502 e. The number of allylic oxidation sites excluding steroid dienone is 2. The monoisotopic (exact) mass is 556 g/mol. The number of methoxy groups -OCH3 is 2. The van der Waals surface area contributed by atoms with Crippen LogP contribution in [0.15, 0.2) is 78.2 Å². The maximum absolute atomic E-state index is 13.9. The van der Waals surface area contributed by atoms with Gasteiger partial charge in [-0.25, -0.2) is 0 Å². The first-order valence-corrected chi connectivity index (χ1v) is 13.7. The number of benzene rings is 3. The number of hydrogen-bond acceptors (Lipinski definition) is 7. The van der Waals surface area contributed by atoms with Gasteiger partial charge < -0.3 is 24.8 Å². The average molecular weight is 557 g/mol. The van der Waals surface area contributed by atoms with E-state index in [4.69, 9.17) is 9.47 Å². The van der Waals surface area contributed by atoms with Crippen LogP contribution in [-0.2, 0) is 15.1 Å².